The first-order valence-electron chi connectivity index (χ1n) is 3.73. The molecule has 0 atom stereocenters. The highest BCUT2D eigenvalue weighted by Crippen LogP contribution is 2.10. The molecule has 0 spiro atoms. The van der Waals surface area contributed by atoms with Crippen LogP contribution in [0.25, 0.3) is 17.1 Å². The van der Waals surface area contributed by atoms with Crippen molar-refractivity contribution in [3.8, 4) is 0 Å². The third-order valence-electron chi connectivity index (χ3n) is 1.66. The number of nitrogens with one attached hydrogen (secondary N) is 1. The van der Waals surface area contributed by atoms with E-state index >= 15 is 0 Å². The standard InChI is InChI=1S/C9H9N3/c10-6-5-9-11-7-3-1-2-4-8(7)12-9/h1-6H,10H2,(H,11,12). The summed E-state index contributed by atoms with van der Waals surface area (Å²) in [4.78, 5) is 7.40. The van der Waals surface area contributed by atoms with Crippen LogP contribution in [0, 0.1) is 0 Å². The van der Waals surface area contributed by atoms with Crippen LogP contribution in [0.1, 0.15) is 5.82 Å². The fraction of sp³-hybridized carbons (Fsp3) is 0. The first-order chi connectivity index (χ1) is 5.90. The Hall–Kier alpha value is -1.77. The van der Waals surface area contributed by atoms with Gasteiger partial charge in [-0.15, -0.1) is 0 Å². The summed E-state index contributed by atoms with van der Waals surface area (Å²) in [5.74, 6) is 0.790. The van der Waals surface area contributed by atoms with Gasteiger partial charge < -0.3 is 10.7 Å². The van der Waals surface area contributed by atoms with Crippen LogP contribution in [-0.4, -0.2) is 9.97 Å². The molecule has 1 heterocycles. The molecule has 0 aliphatic carbocycles. The van der Waals surface area contributed by atoms with E-state index in [9.17, 15) is 0 Å². The van der Waals surface area contributed by atoms with Gasteiger partial charge >= 0.3 is 0 Å². The van der Waals surface area contributed by atoms with Crippen molar-refractivity contribution in [1.29, 1.82) is 0 Å². The molecule has 2 aromatic rings. The smallest absolute Gasteiger partial charge is 0.132 e. The summed E-state index contributed by atoms with van der Waals surface area (Å²) in [6.07, 6.45) is 3.21. The predicted molar refractivity (Wildman–Crippen MR) is 49.3 cm³/mol. The molecule has 0 aliphatic rings. The predicted octanol–water partition coefficient (Wildman–Crippen LogP) is 1.49. The number of nitrogens with zero attached hydrogens (tertiary/aromatic N) is 1. The second-order valence-electron chi connectivity index (χ2n) is 2.50. The molecule has 3 nitrogen and oxygen atoms in total. The molecule has 1 aromatic heterocycles. The molecule has 0 unspecified atom stereocenters. The van der Waals surface area contributed by atoms with E-state index < -0.39 is 0 Å². The topological polar surface area (TPSA) is 54.7 Å². The highest BCUT2D eigenvalue weighted by molar-refractivity contribution is 5.76. The van der Waals surface area contributed by atoms with E-state index in [1.807, 2.05) is 24.3 Å². The van der Waals surface area contributed by atoms with Crippen molar-refractivity contribution >= 4 is 17.1 Å². The van der Waals surface area contributed by atoms with Gasteiger partial charge in [-0.25, -0.2) is 4.98 Å². The summed E-state index contributed by atoms with van der Waals surface area (Å²) in [5.41, 5.74) is 7.24. The molecule has 0 amide bonds. The number of benzene rings is 1. The average molecular weight is 159 g/mol. The van der Waals surface area contributed by atoms with Gasteiger partial charge in [0, 0.05) is 0 Å². The van der Waals surface area contributed by atoms with Gasteiger partial charge in [0.25, 0.3) is 0 Å². The van der Waals surface area contributed by atoms with Crippen LogP contribution in [0.4, 0.5) is 0 Å². The van der Waals surface area contributed by atoms with Crippen LogP contribution < -0.4 is 5.73 Å². The lowest BCUT2D eigenvalue weighted by Gasteiger charge is -1.81. The number of aromatic nitrogens is 2. The maximum Gasteiger partial charge on any atom is 0.132 e. The number of nitrogens with two attached hydrogens (primary N) is 1. The van der Waals surface area contributed by atoms with Crippen molar-refractivity contribution in [3.63, 3.8) is 0 Å². The van der Waals surface area contributed by atoms with Crippen LogP contribution >= 0.6 is 0 Å². The molecule has 0 fully saturated rings. The quantitative estimate of drug-likeness (QED) is 0.662. The minimum Gasteiger partial charge on any atom is -0.404 e. The molecule has 0 saturated carbocycles. The highest BCUT2D eigenvalue weighted by Gasteiger charge is 1.96. The van der Waals surface area contributed by atoms with Gasteiger partial charge in [-0.05, 0) is 24.4 Å². The molecule has 0 saturated heterocycles. The maximum atomic E-state index is 5.24. The van der Waals surface area contributed by atoms with E-state index in [1.165, 1.54) is 6.20 Å². The molecule has 12 heavy (non-hydrogen) atoms. The van der Waals surface area contributed by atoms with Gasteiger partial charge in [0.15, 0.2) is 0 Å². The second-order valence-corrected chi connectivity index (χ2v) is 2.50. The molecular weight excluding hydrogens is 150 g/mol. The number of hydrogen-bond acceptors (Lipinski definition) is 2. The molecule has 3 N–H and O–H groups in total. The van der Waals surface area contributed by atoms with E-state index in [0.717, 1.165) is 16.9 Å². The van der Waals surface area contributed by atoms with Crippen LogP contribution in [0.3, 0.4) is 0 Å². The molecule has 1 aromatic carbocycles. The van der Waals surface area contributed by atoms with Gasteiger partial charge in [-0.3, -0.25) is 0 Å². The fourth-order valence-corrected chi connectivity index (χ4v) is 1.14. The monoisotopic (exact) mass is 159 g/mol. The Bertz CT molecular complexity index is 381. The number of fused-ring (bicyclic) bond motifs is 1. The third kappa shape index (κ3) is 1.05. The number of rotatable bonds is 1. The molecule has 0 bridgehead atoms. The summed E-state index contributed by atoms with van der Waals surface area (Å²) in [7, 11) is 0. The SMILES string of the molecule is NC=Cc1nc2ccccc2[nH]1. The van der Waals surface area contributed by atoms with Crippen LogP contribution in [0.5, 0.6) is 0 Å². The Morgan fingerprint density at radius 2 is 2.17 bits per heavy atom. The Balaban J connectivity index is 2.62. The van der Waals surface area contributed by atoms with E-state index in [2.05, 4.69) is 9.97 Å². The number of hydrogen-bond donors (Lipinski definition) is 2. The van der Waals surface area contributed by atoms with Crippen molar-refractivity contribution in [2.24, 2.45) is 5.73 Å². The summed E-state index contributed by atoms with van der Waals surface area (Å²) < 4.78 is 0. The average Bonchev–Trinajstić information content (AvgIpc) is 2.47. The largest absolute Gasteiger partial charge is 0.404 e. The molecule has 60 valence electrons. The van der Waals surface area contributed by atoms with E-state index in [0.29, 0.717) is 0 Å². The minimum absolute atomic E-state index is 0.790. The third-order valence-corrected chi connectivity index (χ3v) is 1.66. The minimum atomic E-state index is 0.790. The van der Waals surface area contributed by atoms with Crippen molar-refractivity contribution in [1.82, 2.24) is 9.97 Å². The van der Waals surface area contributed by atoms with Crippen molar-refractivity contribution in [3.05, 3.63) is 36.3 Å². The summed E-state index contributed by atoms with van der Waals surface area (Å²) >= 11 is 0. The van der Waals surface area contributed by atoms with E-state index in [4.69, 9.17) is 5.73 Å². The van der Waals surface area contributed by atoms with Crippen LogP contribution in [-0.2, 0) is 0 Å². The zero-order valence-electron chi connectivity index (χ0n) is 6.49. The van der Waals surface area contributed by atoms with E-state index in [1.54, 1.807) is 6.08 Å². The summed E-state index contributed by atoms with van der Waals surface area (Å²) in [6.45, 7) is 0. The number of aromatic amines is 1. The van der Waals surface area contributed by atoms with Crippen LogP contribution in [0.2, 0.25) is 0 Å². The summed E-state index contributed by atoms with van der Waals surface area (Å²) in [6, 6.07) is 7.87. The molecule has 3 heteroatoms. The summed E-state index contributed by atoms with van der Waals surface area (Å²) in [5, 5.41) is 0. The number of para-hydroxylation sites is 2. The Kier molecular flexibility index (Phi) is 1.55. The number of H-pyrrole nitrogens is 1. The Morgan fingerprint density at radius 1 is 1.33 bits per heavy atom. The van der Waals surface area contributed by atoms with Gasteiger partial charge in [0.05, 0.1) is 11.0 Å². The van der Waals surface area contributed by atoms with Gasteiger partial charge in [0.2, 0.25) is 0 Å². The Labute approximate surface area is 69.9 Å². The molecule has 2 rings (SSSR count). The number of imidazole rings is 1. The molecule has 0 radical (unpaired) electrons. The molecular formula is C9H9N3. The zero-order chi connectivity index (χ0) is 8.39. The van der Waals surface area contributed by atoms with Crippen molar-refractivity contribution in [2.45, 2.75) is 0 Å². The van der Waals surface area contributed by atoms with Gasteiger partial charge in [-0.2, -0.15) is 0 Å². The first-order valence-corrected chi connectivity index (χ1v) is 3.73. The second kappa shape index (κ2) is 2.70. The molecule has 0 aliphatic heterocycles. The maximum absolute atomic E-state index is 5.24. The van der Waals surface area contributed by atoms with Gasteiger partial charge in [-0.1, -0.05) is 12.1 Å². The normalized spacial score (nSPS) is 11.3. The Morgan fingerprint density at radius 3 is 2.92 bits per heavy atom. The lowest BCUT2D eigenvalue weighted by molar-refractivity contribution is 1.29. The lowest BCUT2D eigenvalue weighted by atomic mass is 10.3. The van der Waals surface area contributed by atoms with Crippen LogP contribution in [0.15, 0.2) is 30.5 Å². The first kappa shape index (κ1) is 6.91. The van der Waals surface area contributed by atoms with Gasteiger partial charge in [0.1, 0.15) is 5.82 Å². The lowest BCUT2D eigenvalue weighted by Crippen LogP contribution is -1.78. The highest BCUT2D eigenvalue weighted by atomic mass is 14.9. The fourth-order valence-electron chi connectivity index (χ4n) is 1.14. The van der Waals surface area contributed by atoms with Crippen molar-refractivity contribution < 1.29 is 0 Å². The zero-order valence-corrected chi connectivity index (χ0v) is 6.49. The van der Waals surface area contributed by atoms with Crippen molar-refractivity contribution in [2.75, 3.05) is 0 Å². The van der Waals surface area contributed by atoms with E-state index in [-0.39, 0.29) is 0 Å².